The number of hydrogen-bond donors (Lipinski definition) is 0. The Morgan fingerprint density at radius 2 is 2.10 bits per heavy atom. The second kappa shape index (κ2) is 6.71. The fourth-order valence-corrected chi connectivity index (χ4v) is 2.13. The Balaban J connectivity index is 2.00. The van der Waals surface area contributed by atoms with Gasteiger partial charge in [-0.25, -0.2) is 0 Å². The van der Waals surface area contributed by atoms with Crippen molar-refractivity contribution in [3.8, 4) is 6.07 Å². The van der Waals surface area contributed by atoms with E-state index in [1.807, 2.05) is 30.3 Å². The maximum Gasteiger partial charge on any atom is 0.245 e. The number of benzene rings is 1. The van der Waals surface area contributed by atoms with E-state index in [4.69, 9.17) is 0 Å². The molecule has 0 radical (unpaired) electrons. The molecule has 0 aliphatic rings. The van der Waals surface area contributed by atoms with E-state index in [0.29, 0.717) is 18.7 Å². The predicted molar refractivity (Wildman–Crippen MR) is 80.5 cm³/mol. The molecular formula is C16H18N4O. The monoisotopic (exact) mass is 282 g/mol. The van der Waals surface area contributed by atoms with Gasteiger partial charge in [0.2, 0.25) is 5.91 Å². The van der Waals surface area contributed by atoms with Crippen molar-refractivity contribution in [3.05, 3.63) is 48.2 Å². The van der Waals surface area contributed by atoms with Crippen LogP contribution in [0.5, 0.6) is 0 Å². The highest BCUT2D eigenvalue weighted by Crippen LogP contribution is 2.16. The summed E-state index contributed by atoms with van der Waals surface area (Å²) >= 11 is 0. The second-order valence-electron chi connectivity index (χ2n) is 4.95. The topological polar surface area (TPSA) is 61.9 Å². The first-order valence-electron chi connectivity index (χ1n) is 6.82. The fourth-order valence-electron chi connectivity index (χ4n) is 2.13. The molecular weight excluding hydrogens is 264 g/mol. The van der Waals surface area contributed by atoms with Crippen molar-refractivity contribution in [3.63, 3.8) is 0 Å². The van der Waals surface area contributed by atoms with Crippen LogP contribution in [-0.4, -0.2) is 22.7 Å². The van der Waals surface area contributed by atoms with E-state index in [2.05, 4.69) is 11.2 Å². The number of carbonyl (C=O) groups excluding carboxylic acids is 1. The van der Waals surface area contributed by atoms with E-state index in [1.54, 1.807) is 31.0 Å². The van der Waals surface area contributed by atoms with Crippen molar-refractivity contribution >= 4 is 11.7 Å². The standard InChI is InChI=1S/C16H18N4O/c1-19-11-10-15(18-19)20(2)16(21)14(12-17)9-8-13-6-4-3-5-7-13/h3-7,10-11,14H,8-9H2,1-2H3. The van der Waals surface area contributed by atoms with Crippen molar-refractivity contribution in [2.45, 2.75) is 12.8 Å². The number of aromatic nitrogens is 2. The fraction of sp³-hybridized carbons (Fsp3) is 0.312. The van der Waals surface area contributed by atoms with Gasteiger partial charge in [-0.15, -0.1) is 0 Å². The van der Waals surface area contributed by atoms with Crippen LogP contribution < -0.4 is 4.90 Å². The molecule has 1 aromatic carbocycles. The van der Waals surface area contributed by atoms with Crippen LogP contribution >= 0.6 is 0 Å². The van der Waals surface area contributed by atoms with Crippen molar-refractivity contribution in [2.75, 3.05) is 11.9 Å². The first-order chi connectivity index (χ1) is 10.1. The van der Waals surface area contributed by atoms with Crippen LogP contribution in [0.3, 0.4) is 0 Å². The second-order valence-corrected chi connectivity index (χ2v) is 4.95. The molecule has 0 saturated heterocycles. The highest BCUT2D eigenvalue weighted by atomic mass is 16.2. The average Bonchev–Trinajstić information content (AvgIpc) is 2.94. The SMILES string of the molecule is CN(C(=O)C(C#N)CCc1ccccc1)c1ccn(C)n1. The molecule has 0 saturated carbocycles. The normalized spacial score (nSPS) is 11.7. The molecule has 2 rings (SSSR count). The maximum atomic E-state index is 12.4. The molecule has 0 aliphatic carbocycles. The number of aryl methyl sites for hydroxylation is 2. The van der Waals surface area contributed by atoms with Crippen LogP contribution in [0.15, 0.2) is 42.6 Å². The third-order valence-corrected chi connectivity index (χ3v) is 3.39. The van der Waals surface area contributed by atoms with Gasteiger partial charge >= 0.3 is 0 Å². The number of nitriles is 1. The molecule has 108 valence electrons. The van der Waals surface area contributed by atoms with Crippen LogP contribution in [0.1, 0.15) is 12.0 Å². The maximum absolute atomic E-state index is 12.4. The summed E-state index contributed by atoms with van der Waals surface area (Å²) in [4.78, 5) is 13.8. The van der Waals surface area contributed by atoms with E-state index < -0.39 is 5.92 Å². The number of amides is 1. The zero-order valence-electron chi connectivity index (χ0n) is 12.2. The Morgan fingerprint density at radius 1 is 1.38 bits per heavy atom. The summed E-state index contributed by atoms with van der Waals surface area (Å²) in [7, 11) is 3.44. The molecule has 1 heterocycles. The van der Waals surface area contributed by atoms with E-state index in [-0.39, 0.29) is 5.91 Å². The minimum Gasteiger partial charge on any atom is -0.297 e. The summed E-state index contributed by atoms with van der Waals surface area (Å²) < 4.78 is 1.63. The molecule has 1 aromatic heterocycles. The van der Waals surface area contributed by atoms with Crippen LogP contribution in [0.25, 0.3) is 0 Å². The number of hydrogen-bond acceptors (Lipinski definition) is 3. The van der Waals surface area contributed by atoms with E-state index in [9.17, 15) is 10.1 Å². The molecule has 0 aliphatic heterocycles. The van der Waals surface area contributed by atoms with Gasteiger partial charge in [-0.1, -0.05) is 30.3 Å². The minimum atomic E-state index is -0.655. The summed E-state index contributed by atoms with van der Waals surface area (Å²) in [6.45, 7) is 0. The van der Waals surface area contributed by atoms with Crippen LogP contribution in [0.4, 0.5) is 5.82 Å². The molecule has 1 amide bonds. The Kier molecular flexibility index (Phi) is 4.72. The van der Waals surface area contributed by atoms with Crippen molar-refractivity contribution in [1.82, 2.24) is 9.78 Å². The molecule has 1 unspecified atom stereocenters. The minimum absolute atomic E-state index is 0.216. The van der Waals surface area contributed by atoms with Gasteiger partial charge in [0.1, 0.15) is 5.92 Å². The third-order valence-electron chi connectivity index (χ3n) is 3.39. The highest BCUT2D eigenvalue weighted by molar-refractivity contribution is 5.95. The van der Waals surface area contributed by atoms with Gasteiger partial charge in [0.05, 0.1) is 6.07 Å². The van der Waals surface area contributed by atoms with Gasteiger partial charge in [0.15, 0.2) is 5.82 Å². The lowest BCUT2D eigenvalue weighted by molar-refractivity contribution is -0.120. The Morgan fingerprint density at radius 3 is 2.67 bits per heavy atom. The largest absolute Gasteiger partial charge is 0.297 e. The van der Waals surface area contributed by atoms with E-state index in [1.165, 1.54) is 4.90 Å². The average molecular weight is 282 g/mol. The van der Waals surface area contributed by atoms with Gasteiger partial charge in [0.25, 0.3) is 0 Å². The van der Waals surface area contributed by atoms with Gasteiger partial charge in [-0.2, -0.15) is 10.4 Å². The summed E-state index contributed by atoms with van der Waals surface area (Å²) in [5.74, 6) is -0.313. The number of carbonyl (C=O) groups is 1. The Hall–Kier alpha value is -2.61. The molecule has 0 N–H and O–H groups in total. The number of nitrogens with zero attached hydrogens (tertiary/aromatic N) is 4. The molecule has 0 spiro atoms. The van der Waals surface area contributed by atoms with Gasteiger partial charge in [0, 0.05) is 26.4 Å². The zero-order valence-corrected chi connectivity index (χ0v) is 12.2. The summed E-state index contributed by atoms with van der Waals surface area (Å²) in [5.41, 5.74) is 1.13. The third kappa shape index (κ3) is 3.69. The van der Waals surface area contributed by atoms with Crippen LogP contribution in [0, 0.1) is 17.2 Å². The quantitative estimate of drug-likeness (QED) is 0.844. The van der Waals surface area contributed by atoms with E-state index in [0.717, 1.165) is 5.56 Å². The van der Waals surface area contributed by atoms with Gasteiger partial charge in [-0.05, 0) is 18.4 Å². The first kappa shape index (κ1) is 14.8. The lowest BCUT2D eigenvalue weighted by Gasteiger charge is -2.17. The molecule has 2 aromatic rings. The molecule has 5 nitrogen and oxygen atoms in total. The lowest BCUT2D eigenvalue weighted by atomic mass is 9.99. The summed E-state index contributed by atoms with van der Waals surface area (Å²) in [6.07, 6.45) is 2.99. The van der Waals surface area contributed by atoms with Gasteiger partial charge in [-0.3, -0.25) is 14.4 Å². The molecule has 21 heavy (non-hydrogen) atoms. The summed E-state index contributed by atoms with van der Waals surface area (Å²) in [5, 5.41) is 13.4. The molecule has 5 heteroatoms. The van der Waals surface area contributed by atoms with E-state index >= 15 is 0 Å². The van der Waals surface area contributed by atoms with Gasteiger partial charge < -0.3 is 0 Å². The van der Waals surface area contributed by atoms with Crippen LogP contribution in [0.2, 0.25) is 0 Å². The number of rotatable bonds is 5. The first-order valence-corrected chi connectivity index (χ1v) is 6.82. The summed E-state index contributed by atoms with van der Waals surface area (Å²) in [6, 6.07) is 13.7. The molecule has 0 fully saturated rings. The lowest BCUT2D eigenvalue weighted by Crippen LogP contribution is -2.33. The highest BCUT2D eigenvalue weighted by Gasteiger charge is 2.23. The van der Waals surface area contributed by atoms with Crippen molar-refractivity contribution in [2.24, 2.45) is 13.0 Å². The van der Waals surface area contributed by atoms with Crippen molar-refractivity contribution < 1.29 is 4.79 Å². The van der Waals surface area contributed by atoms with Crippen molar-refractivity contribution in [1.29, 1.82) is 5.26 Å². The predicted octanol–water partition coefficient (Wildman–Crippen LogP) is 2.16. The smallest absolute Gasteiger partial charge is 0.245 e. The number of anilines is 1. The Bertz CT molecular complexity index is 642. The van der Waals surface area contributed by atoms with Crippen LogP contribution in [-0.2, 0) is 18.3 Å². The Labute approximate surface area is 124 Å². The molecule has 0 bridgehead atoms. The zero-order chi connectivity index (χ0) is 15.2. The molecule has 1 atom stereocenters.